The number of carbonyl (C=O) groups excluding carboxylic acids is 1. The van der Waals surface area contributed by atoms with Crippen molar-refractivity contribution in [2.75, 3.05) is 19.7 Å². The molecule has 2 saturated heterocycles. The van der Waals surface area contributed by atoms with Crippen molar-refractivity contribution in [1.29, 1.82) is 0 Å². The fourth-order valence-electron chi connectivity index (χ4n) is 2.15. The van der Waals surface area contributed by atoms with Gasteiger partial charge >= 0.3 is 6.09 Å². The molecule has 0 radical (unpaired) electrons. The molecule has 2 heterocycles. The Hall–Kier alpha value is -0.810. The van der Waals surface area contributed by atoms with Crippen LogP contribution in [0.25, 0.3) is 0 Å². The first-order valence-electron chi connectivity index (χ1n) is 5.60. The summed E-state index contributed by atoms with van der Waals surface area (Å²) >= 11 is 0. The molecule has 2 aliphatic heterocycles. The van der Waals surface area contributed by atoms with Gasteiger partial charge in [0.15, 0.2) is 0 Å². The highest BCUT2D eigenvalue weighted by Gasteiger charge is 2.51. The predicted octanol–water partition coefficient (Wildman–Crippen LogP) is 0.757. The normalized spacial score (nSPS) is 28.0. The third-order valence-corrected chi connectivity index (χ3v) is 2.80. The zero-order valence-corrected chi connectivity index (χ0v) is 10.0. The molecule has 0 unspecified atom stereocenters. The van der Waals surface area contributed by atoms with E-state index in [1.165, 1.54) is 0 Å². The number of aliphatic hydroxyl groups is 1. The van der Waals surface area contributed by atoms with Gasteiger partial charge in [-0.3, -0.25) is 0 Å². The van der Waals surface area contributed by atoms with Crippen molar-refractivity contribution in [2.24, 2.45) is 0 Å². The lowest BCUT2D eigenvalue weighted by Crippen LogP contribution is -2.63. The van der Waals surface area contributed by atoms with E-state index in [0.717, 1.165) is 0 Å². The molecule has 92 valence electrons. The van der Waals surface area contributed by atoms with Gasteiger partial charge in [-0.1, -0.05) is 0 Å². The first-order valence-corrected chi connectivity index (χ1v) is 5.60. The van der Waals surface area contributed by atoms with Crippen LogP contribution < -0.4 is 0 Å². The van der Waals surface area contributed by atoms with Crippen LogP contribution in [0.1, 0.15) is 27.2 Å². The summed E-state index contributed by atoms with van der Waals surface area (Å²) in [6.45, 7) is 6.96. The van der Waals surface area contributed by atoms with E-state index in [1.807, 2.05) is 20.8 Å². The molecule has 1 amide bonds. The minimum absolute atomic E-state index is 0.303. The number of aliphatic hydroxyl groups excluding tert-OH is 1. The maximum atomic E-state index is 11.6. The van der Waals surface area contributed by atoms with Crippen LogP contribution in [0.3, 0.4) is 0 Å². The molecule has 0 bridgehead atoms. The van der Waals surface area contributed by atoms with Crippen LogP contribution in [0.2, 0.25) is 0 Å². The van der Waals surface area contributed by atoms with E-state index in [-0.39, 0.29) is 17.8 Å². The van der Waals surface area contributed by atoms with E-state index >= 15 is 0 Å². The van der Waals surface area contributed by atoms with Gasteiger partial charge in [0, 0.05) is 6.42 Å². The molecule has 1 atom stereocenters. The van der Waals surface area contributed by atoms with Crippen molar-refractivity contribution >= 4 is 6.09 Å². The summed E-state index contributed by atoms with van der Waals surface area (Å²) in [5.41, 5.74) is -0.772. The molecule has 1 spiro atoms. The van der Waals surface area contributed by atoms with Crippen LogP contribution in [0.5, 0.6) is 0 Å². The quantitative estimate of drug-likeness (QED) is 0.666. The minimum Gasteiger partial charge on any atom is -0.444 e. The summed E-state index contributed by atoms with van der Waals surface area (Å²) in [6.07, 6.45) is -0.0735. The topological polar surface area (TPSA) is 59.0 Å². The summed E-state index contributed by atoms with van der Waals surface area (Å²) < 4.78 is 10.7. The van der Waals surface area contributed by atoms with Gasteiger partial charge in [-0.15, -0.1) is 0 Å². The molecule has 5 heteroatoms. The molecule has 2 fully saturated rings. The van der Waals surface area contributed by atoms with Gasteiger partial charge in [-0.2, -0.15) is 0 Å². The highest BCUT2D eigenvalue weighted by atomic mass is 16.6. The van der Waals surface area contributed by atoms with Crippen molar-refractivity contribution in [3.8, 4) is 0 Å². The van der Waals surface area contributed by atoms with Crippen LogP contribution in [0.15, 0.2) is 0 Å². The summed E-state index contributed by atoms with van der Waals surface area (Å²) in [6, 6.07) is 0. The van der Waals surface area contributed by atoms with Gasteiger partial charge in [-0.25, -0.2) is 4.79 Å². The number of hydrogen-bond acceptors (Lipinski definition) is 4. The van der Waals surface area contributed by atoms with Gasteiger partial charge in [0.2, 0.25) is 0 Å². The molecule has 2 rings (SSSR count). The standard InChI is InChI=1S/C11H19NO4/c1-10(2,3)16-9(14)12-6-11(7-12)4-8(13)5-15-11/h8,13H,4-7H2,1-3H3/t8-/m1/s1. The van der Waals surface area contributed by atoms with Crippen LogP contribution in [-0.4, -0.2) is 53.1 Å². The Morgan fingerprint density at radius 3 is 2.56 bits per heavy atom. The molecule has 2 aliphatic rings. The highest BCUT2D eigenvalue weighted by Crippen LogP contribution is 2.35. The Kier molecular flexibility index (Phi) is 2.62. The summed E-state index contributed by atoms with van der Waals surface area (Å²) in [5, 5.41) is 9.38. The van der Waals surface area contributed by atoms with Crippen LogP contribution in [0, 0.1) is 0 Å². The second-order valence-corrected chi connectivity index (χ2v) is 5.69. The zero-order valence-electron chi connectivity index (χ0n) is 10.0. The van der Waals surface area contributed by atoms with Gasteiger partial charge in [0.25, 0.3) is 0 Å². The van der Waals surface area contributed by atoms with E-state index < -0.39 is 5.60 Å². The lowest BCUT2D eigenvalue weighted by Gasteiger charge is -2.46. The average molecular weight is 229 g/mol. The molecule has 5 nitrogen and oxygen atoms in total. The van der Waals surface area contributed by atoms with E-state index in [9.17, 15) is 9.90 Å². The van der Waals surface area contributed by atoms with Crippen molar-refractivity contribution in [3.63, 3.8) is 0 Å². The summed E-state index contributed by atoms with van der Waals surface area (Å²) in [4.78, 5) is 13.3. The molecule has 0 aromatic heterocycles. The van der Waals surface area contributed by atoms with E-state index in [2.05, 4.69) is 0 Å². The van der Waals surface area contributed by atoms with E-state index in [4.69, 9.17) is 9.47 Å². The first kappa shape index (κ1) is 11.7. The SMILES string of the molecule is CC(C)(C)OC(=O)N1CC2(C[C@@H](O)CO2)C1. The number of nitrogens with zero attached hydrogens (tertiary/aromatic N) is 1. The molecule has 0 aliphatic carbocycles. The van der Waals surface area contributed by atoms with Gasteiger partial charge in [0.1, 0.15) is 11.2 Å². The molecular weight excluding hydrogens is 210 g/mol. The van der Waals surface area contributed by atoms with Crippen molar-refractivity contribution in [1.82, 2.24) is 4.90 Å². The van der Waals surface area contributed by atoms with Crippen molar-refractivity contribution in [3.05, 3.63) is 0 Å². The van der Waals surface area contributed by atoms with Crippen LogP contribution in [-0.2, 0) is 9.47 Å². The molecule has 1 N–H and O–H groups in total. The lowest BCUT2D eigenvalue weighted by molar-refractivity contribution is -0.109. The number of rotatable bonds is 0. The Balaban J connectivity index is 1.82. The average Bonchev–Trinajstić information content (AvgIpc) is 2.41. The Morgan fingerprint density at radius 2 is 2.12 bits per heavy atom. The monoisotopic (exact) mass is 229 g/mol. The number of hydrogen-bond donors (Lipinski definition) is 1. The van der Waals surface area contributed by atoms with E-state index in [1.54, 1.807) is 4.90 Å². The molecular formula is C11H19NO4. The number of likely N-dealkylation sites (tertiary alicyclic amines) is 1. The Bertz CT molecular complexity index is 291. The molecule has 16 heavy (non-hydrogen) atoms. The Labute approximate surface area is 95.3 Å². The molecule has 0 saturated carbocycles. The fraction of sp³-hybridized carbons (Fsp3) is 0.909. The Morgan fingerprint density at radius 1 is 1.50 bits per heavy atom. The van der Waals surface area contributed by atoms with E-state index in [0.29, 0.717) is 26.1 Å². The summed E-state index contributed by atoms with van der Waals surface area (Å²) in [7, 11) is 0. The van der Waals surface area contributed by atoms with Crippen molar-refractivity contribution in [2.45, 2.75) is 44.5 Å². The largest absolute Gasteiger partial charge is 0.444 e. The van der Waals surface area contributed by atoms with Gasteiger partial charge < -0.3 is 19.5 Å². The van der Waals surface area contributed by atoms with Gasteiger partial charge in [0.05, 0.1) is 25.8 Å². The smallest absolute Gasteiger partial charge is 0.410 e. The first-order chi connectivity index (χ1) is 7.30. The van der Waals surface area contributed by atoms with Crippen molar-refractivity contribution < 1.29 is 19.4 Å². The summed E-state index contributed by atoms with van der Waals surface area (Å²) in [5.74, 6) is 0. The third kappa shape index (κ3) is 2.30. The number of carbonyl (C=O) groups is 1. The fourth-order valence-corrected chi connectivity index (χ4v) is 2.15. The maximum Gasteiger partial charge on any atom is 0.410 e. The number of ether oxygens (including phenoxy) is 2. The maximum absolute atomic E-state index is 11.6. The molecule has 0 aromatic rings. The predicted molar refractivity (Wildman–Crippen MR) is 57.1 cm³/mol. The highest BCUT2D eigenvalue weighted by molar-refractivity contribution is 5.69. The second-order valence-electron chi connectivity index (χ2n) is 5.69. The number of amides is 1. The van der Waals surface area contributed by atoms with Crippen LogP contribution >= 0.6 is 0 Å². The zero-order chi connectivity index (χ0) is 12.0. The third-order valence-electron chi connectivity index (χ3n) is 2.80. The van der Waals surface area contributed by atoms with Crippen LogP contribution in [0.4, 0.5) is 4.79 Å². The molecule has 0 aromatic carbocycles. The minimum atomic E-state index is -0.462. The lowest BCUT2D eigenvalue weighted by atomic mass is 9.91. The van der Waals surface area contributed by atoms with Gasteiger partial charge in [-0.05, 0) is 20.8 Å². The second kappa shape index (κ2) is 3.60.